The highest BCUT2D eigenvalue weighted by Gasteiger charge is 2.09. The van der Waals surface area contributed by atoms with Crippen molar-refractivity contribution in [2.24, 2.45) is 0 Å². The maximum atomic E-state index is 12.0. The topological polar surface area (TPSA) is 41.1 Å². The third kappa shape index (κ3) is 4.23. The van der Waals surface area contributed by atoms with E-state index < -0.39 is 0 Å². The molecule has 3 nitrogen and oxygen atoms in total. The Balaban J connectivity index is 1.97. The first kappa shape index (κ1) is 15.4. The van der Waals surface area contributed by atoms with Crippen molar-refractivity contribution in [1.29, 1.82) is 0 Å². The van der Waals surface area contributed by atoms with Crippen molar-refractivity contribution in [3.63, 3.8) is 0 Å². The first-order valence-electron chi connectivity index (χ1n) is 6.83. The molecule has 110 valence electrons. The minimum atomic E-state index is -0.121. The molecule has 0 aliphatic carbocycles. The van der Waals surface area contributed by atoms with Crippen LogP contribution in [0.5, 0.6) is 0 Å². The van der Waals surface area contributed by atoms with E-state index in [9.17, 15) is 4.79 Å². The van der Waals surface area contributed by atoms with Gasteiger partial charge in [0.05, 0.1) is 17.3 Å². The lowest BCUT2D eigenvalue weighted by atomic mass is 10.1. The molecule has 0 bridgehead atoms. The summed E-state index contributed by atoms with van der Waals surface area (Å²) < 4.78 is 0. The van der Waals surface area contributed by atoms with Gasteiger partial charge in [-0.25, -0.2) is 0 Å². The van der Waals surface area contributed by atoms with Crippen LogP contribution in [0.25, 0.3) is 0 Å². The summed E-state index contributed by atoms with van der Waals surface area (Å²) >= 11 is 6.18. The van der Waals surface area contributed by atoms with Crippen LogP contribution < -0.4 is 10.6 Å². The summed E-state index contributed by atoms with van der Waals surface area (Å²) in [5.74, 6) is -0.121. The molecule has 0 radical (unpaired) electrons. The van der Waals surface area contributed by atoms with E-state index in [0.29, 0.717) is 10.7 Å². The number of carbonyl (C=O) groups is 1. The zero-order valence-corrected chi connectivity index (χ0v) is 13.2. The Morgan fingerprint density at radius 1 is 1.05 bits per heavy atom. The number of carbonyl (C=O) groups excluding carboxylic acids is 1. The summed E-state index contributed by atoms with van der Waals surface area (Å²) in [6, 6.07) is 11.7. The van der Waals surface area contributed by atoms with Gasteiger partial charge in [0.1, 0.15) is 0 Å². The monoisotopic (exact) mass is 302 g/mol. The van der Waals surface area contributed by atoms with Crippen LogP contribution in [0.15, 0.2) is 36.4 Å². The zero-order valence-electron chi connectivity index (χ0n) is 12.5. The van der Waals surface area contributed by atoms with E-state index >= 15 is 0 Å². The molecule has 2 rings (SSSR count). The summed E-state index contributed by atoms with van der Waals surface area (Å²) in [4.78, 5) is 12.0. The fourth-order valence-electron chi connectivity index (χ4n) is 2.11. The van der Waals surface area contributed by atoms with E-state index in [0.717, 1.165) is 16.8 Å². The highest BCUT2D eigenvalue weighted by molar-refractivity contribution is 6.34. The summed E-state index contributed by atoms with van der Waals surface area (Å²) in [6.45, 7) is 6.14. The van der Waals surface area contributed by atoms with Gasteiger partial charge < -0.3 is 10.6 Å². The quantitative estimate of drug-likeness (QED) is 0.883. The molecule has 2 aromatic rings. The van der Waals surface area contributed by atoms with Crippen molar-refractivity contribution < 1.29 is 4.79 Å². The van der Waals surface area contributed by atoms with Crippen LogP contribution in [-0.2, 0) is 4.79 Å². The predicted molar refractivity (Wildman–Crippen MR) is 89.2 cm³/mol. The first-order chi connectivity index (χ1) is 9.95. The minimum Gasteiger partial charge on any atom is -0.376 e. The highest BCUT2D eigenvalue weighted by Crippen LogP contribution is 2.27. The van der Waals surface area contributed by atoms with Gasteiger partial charge in [0, 0.05) is 5.69 Å². The Kier molecular flexibility index (Phi) is 4.86. The number of nitrogens with one attached hydrogen (secondary N) is 2. The Hall–Kier alpha value is -2.00. The van der Waals surface area contributed by atoms with Crippen molar-refractivity contribution in [2.75, 3.05) is 17.2 Å². The van der Waals surface area contributed by atoms with Crippen LogP contribution in [0.4, 0.5) is 11.4 Å². The second kappa shape index (κ2) is 6.64. The average molecular weight is 303 g/mol. The second-order valence-corrected chi connectivity index (χ2v) is 5.61. The Labute approximate surface area is 130 Å². The van der Waals surface area contributed by atoms with Crippen molar-refractivity contribution in [3.8, 4) is 0 Å². The van der Waals surface area contributed by atoms with Crippen molar-refractivity contribution in [1.82, 2.24) is 0 Å². The summed E-state index contributed by atoms with van der Waals surface area (Å²) in [5.41, 5.74) is 4.82. The van der Waals surface area contributed by atoms with Gasteiger partial charge in [0.15, 0.2) is 0 Å². The van der Waals surface area contributed by atoms with E-state index in [-0.39, 0.29) is 12.5 Å². The van der Waals surface area contributed by atoms with Crippen LogP contribution >= 0.6 is 11.6 Å². The van der Waals surface area contributed by atoms with Crippen LogP contribution in [0, 0.1) is 20.8 Å². The third-order valence-corrected chi connectivity index (χ3v) is 3.50. The first-order valence-corrected chi connectivity index (χ1v) is 7.20. The number of aryl methyl sites for hydroxylation is 3. The maximum absolute atomic E-state index is 12.0. The summed E-state index contributed by atoms with van der Waals surface area (Å²) in [7, 11) is 0. The number of rotatable bonds is 4. The summed E-state index contributed by atoms with van der Waals surface area (Å²) in [5, 5.41) is 6.51. The molecule has 2 N–H and O–H groups in total. The highest BCUT2D eigenvalue weighted by atomic mass is 35.5. The van der Waals surface area contributed by atoms with Crippen LogP contribution in [0.3, 0.4) is 0 Å². The van der Waals surface area contributed by atoms with E-state index in [4.69, 9.17) is 11.6 Å². The molecule has 0 aliphatic heterocycles. The fraction of sp³-hybridized carbons (Fsp3) is 0.235. The van der Waals surface area contributed by atoms with Gasteiger partial charge >= 0.3 is 0 Å². The molecule has 0 spiro atoms. The third-order valence-electron chi connectivity index (χ3n) is 3.20. The van der Waals surface area contributed by atoms with Crippen LogP contribution in [0.2, 0.25) is 5.02 Å². The number of benzene rings is 2. The second-order valence-electron chi connectivity index (χ2n) is 5.21. The Morgan fingerprint density at radius 3 is 2.33 bits per heavy atom. The molecule has 0 saturated heterocycles. The molecule has 0 unspecified atom stereocenters. The normalized spacial score (nSPS) is 10.3. The van der Waals surface area contributed by atoms with Crippen molar-refractivity contribution >= 4 is 28.9 Å². The molecule has 0 atom stereocenters. The molecule has 0 saturated carbocycles. The number of amides is 1. The van der Waals surface area contributed by atoms with Gasteiger partial charge in [0.2, 0.25) is 5.91 Å². The van der Waals surface area contributed by atoms with E-state index in [1.807, 2.05) is 57.2 Å². The SMILES string of the molecule is Cc1ccc(NCC(=O)Nc2c(C)cc(C)cc2Cl)cc1. The van der Waals surface area contributed by atoms with Gasteiger partial charge in [-0.1, -0.05) is 35.4 Å². The number of halogens is 1. The molecule has 0 aliphatic rings. The van der Waals surface area contributed by atoms with Crippen LogP contribution in [-0.4, -0.2) is 12.5 Å². The molecule has 0 fully saturated rings. The van der Waals surface area contributed by atoms with Crippen LogP contribution in [0.1, 0.15) is 16.7 Å². The van der Waals surface area contributed by atoms with E-state index in [1.165, 1.54) is 5.56 Å². The van der Waals surface area contributed by atoms with E-state index in [1.54, 1.807) is 0 Å². The van der Waals surface area contributed by atoms with Gasteiger partial charge in [0.25, 0.3) is 0 Å². The molecular formula is C17H19ClN2O. The van der Waals surface area contributed by atoms with Gasteiger partial charge in [-0.15, -0.1) is 0 Å². The zero-order chi connectivity index (χ0) is 15.4. The number of hydrogen-bond donors (Lipinski definition) is 2. The molecule has 0 aromatic heterocycles. The molecule has 4 heteroatoms. The number of anilines is 2. The van der Waals surface area contributed by atoms with Gasteiger partial charge in [-0.3, -0.25) is 4.79 Å². The lowest BCUT2D eigenvalue weighted by molar-refractivity contribution is -0.114. The molecular weight excluding hydrogens is 284 g/mol. The lowest BCUT2D eigenvalue weighted by Crippen LogP contribution is -2.22. The fourth-order valence-corrected chi connectivity index (χ4v) is 2.48. The molecule has 1 amide bonds. The molecule has 0 heterocycles. The molecule has 21 heavy (non-hydrogen) atoms. The van der Waals surface area contributed by atoms with Crippen molar-refractivity contribution in [3.05, 3.63) is 58.1 Å². The van der Waals surface area contributed by atoms with E-state index in [2.05, 4.69) is 10.6 Å². The lowest BCUT2D eigenvalue weighted by Gasteiger charge is -2.12. The smallest absolute Gasteiger partial charge is 0.243 e. The van der Waals surface area contributed by atoms with Gasteiger partial charge in [-0.05, 0) is 50.1 Å². The van der Waals surface area contributed by atoms with Gasteiger partial charge in [-0.2, -0.15) is 0 Å². The maximum Gasteiger partial charge on any atom is 0.243 e. The standard InChI is InChI=1S/C17H19ClN2O/c1-11-4-6-14(7-5-11)19-10-16(21)20-17-13(3)8-12(2)9-15(17)18/h4-9,19H,10H2,1-3H3,(H,20,21). The van der Waals surface area contributed by atoms with Crippen molar-refractivity contribution in [2.45, 2.75) is 20.8 Å². The Morgan fingerprint density at radius 2 is 1.71 bits per heavy atom. The molecule has 2 aromatic carbocycles. The largest absolute Gasteiger partial charge is 0.376 e. The summed E-state index contributed by atoms with van der Waals surface area (Å²) in [6.07, 6.45) is 0. The number of hydrogen-bond acceptors (Lipinski definition) is 2. The minimum absolute atomic E-state index is 0.121. The average Bonchev–Trinajstić information content (AvgIpc) is 2.42. The Bertz CT molecular complexity index is 627. The predicted octanol–water partition coefficient (Wildman–Crippen LogP) is 4.32.